The van der Waals surface area contributed by atoms with Gasteiger partial charge < -0.3 is 24.6 Å². The normalized spacial score (nSPS) is 20.6. The van der Waals surface area contributed by atoms with E-state index in [1.54, 1.807) is 0 Å². The second-order valence-corrected chi connectivity index (χ2v) is 7.30. The molecule has 2 rings (SSSR count). The molecule has 0 radical (unpaired) electrons. The molecule has 0 unspecified atom stereocenters. The van der Waals surface area contributed by atoms with Crippen LogP contribution in [0, 0.1) is 0 Å². The summed E-state index contributed by atoms with van der Waals surface area (Å²) < 4.78 is 21.8. The standard InChI is InChI=1S/C11H14N3O8PS/c1-6(15)12-7-2-3-14(10(16)13-7)8-5-24-9(22-8)4-21-11(17)23(18,19)20/h2-3,8-9H,4-5H2,1H3,(H2,18,19,20)(H,12,13,15,16)/t8-,9+/m1/s1. The Morgan fingerprint density at radius 3 is 2.88 bits per heavy atom. The smallest absolute Gasteiger partial charge is 0.433 e. The Bertz CT molecular complexity index is 747. The summed E-state index contributed by atoms with van der Waals surface area (Å²) in [5.74, 6) is 0.0972. The summed E-state index contributed by atoms with van der Waals surface area (Å²) in [7, 11) is -4.94. The number of hydrogen-bond donors (Lipinski definition) is 3. The van der Waals surface area contributed by atoms with E-state index in [1.165, 1.54) is 35.5 Å². The van der Waals surface area contributed by atoms with E-state index in [4.69, 9.17) is 14.5 Å². The first-order chi connectivity index (χ1) is 11.2. The van der Waals surface area contributed by atoms with E-state index in [1.807, 2.05) is 0 Å². The van der Waals surface area contributed by atoms with Gasteiger partial charge in [0.15, 0.2) is 0 Å². The van der Waals surface area contributed by atoms with Crippen molar-refractivity contribution in [1.82, 2.24) is 9.55 Å². The molecule has 1 aromatic rings. The Morgan fingerprint density at radius 2 is 2.29 bits per heavy atom. The zero-order chi connectivity index (χ0) is 17.9. The third kappa shape index (κ3) is 4.89. The van der Waals surface area contributed by atoms with Gasteiger partial charge >= 0.3 is 19.0 Å². The maximum Gasteiger partial charge on any atom is 0.433 e. The van der Waals surface area contributed by atoms with Gasteiger partial charge in [-0.2, -0.15) is 4.98 Å². The fourth-order valence-corrected chi connectivity index (χ4v) is 3.01. The summed E-state index contributed by atoms with van der Waals surface area (Å²) in [4.78, 5) is 54.8. The predicted octanol–water partition coefficient (Wildman–Crippen LogP) is 0.104. The van der Waals surface area contributed by atoms with Crippen molar-refractivity contribution in [3.05, 3.63) is 22.7 Å². The molecule has 1 aliphatic heterocycles. The van der Waals surface area contributed by atoms with Gasteiger partial charge in [0.1, 0.15) is 24.1 Å². The molecule has 11 nitrogen and oxygen atoms in total. The lowest BCUT2D eigenvalue weighted by Gasteiger charge is -2.15. The van der Waals surface area contributed by atoms with Crippen LogP contribution in [-0.4, -0.2) is 48.8 Å². The van der Waals surface area contributed by atoms with Gasteiger partial charge in [-0.15, -0.1) is 11.8 Å². The van der Waals surface area contributed by atoms with Crippen molar-refractivity contribution in [1.29, 1.82) is 0 Å². The number of rotatable bonds is 5. The highest BCUT2D eigenvalue weighted by molar-refractivity contribution is 8.00. The van der Waals surface area contributed by atoms with Gasteiger partial charge in [0.2, 0.25) is 5.91 Å². The summed E-state index contributed by atoms with van der Waals surface area (Å²) in [6.07, 6.45) is 0.718. The highest BCUT2D eigenvalue weighted by Crippen LogP contribution is 2.38. The van der Waals surface area contributed by atoms with Crippen molar-refractivity contribution in [2.45, 2.75) is 18.6 Å². The van der Waals surface area contributed by atoms with Crippen LogP contribution in [0.25, 0.3) is 0 Å². The largest absolute Gasteiger partial charge is 0.453 e. The Labute approximate surface area is 139 Å². The van der Waals surface area contributed by atoms with E-state index in [0.29, 0.717) is 5.75 Å². The first-order valence-electron chi connectivity index (χ1n) is 6.53. The molecule has 0 spiro atoms. The maximum absolute atomic E-state index is 11.9. The van der Waals surface area contributed by atoms with Crippen LogP contribution in [0.2, 0.25) is 0 Å². The number of aromatic nitrogens is 2. The van der Waals surface area contributed by atoms with Crippen molar-refractivity contribution in [3.63, 3.8) is 0 Å². The predicted molar refractivity (Wildman–Crippen MR) is 82.6 cm³/mol. The second-order valence-electron chi connectivity index (χ2n) is 4.66. The number of nitrogens with one attached hydrogen (secondary N) is 1. The summed E-state index contributed by atoms with van der Waals surface area (Å²) in [6.45, 7) is 0.921. The van der Waals surface area contributed by atoms with Gasteiger partial charge in [-0.05, 0) is 6.07 Å². The quantitative estimate of drug-likeness (QED) is 0.599. The van der Waals surface area contributed by atoms with Crippen LogP contribution < -0.4 is 11.0 Å². The molecule has 1 amide bonds. The number of ether oxygens (including phenoxy) is 2. The van der Waals surface area contributed by atoms with Crippen molar-refractivity contribution >= 4 is 36.8 Å². The first-order valence-corrected chi connectivity index (χ1v) is 9.19. The molecule has 0 aliphatic carbocycles. The number of hydrogen-bond acceptors (Lipinski definition) is 8. The van der Waals surface area contributed by atoms with Crippen LogP contribution in [0.4, 0.5) is 10.6 Å². The molecule has 1 saturated heterocycles. The lowest BCUT2D eigenvalue weighted by molar-refractivity contribution is -0.114. The molecule has 13 heteroatoms. The summed E-state index contributed by atoms with van der Waals surface area (Å²) in [6, 6.07) is 1.43. The third-order valence-electron chi connectivity index (χ3n) is 2.76. The second kappa shape index (κ2) is 7.45. The molecule has 3 N–H and O–H groups in total. The number of nitrogens with zero attached hydrogens (tertiary/aromatic N) is 2. The van der Waals surface area contributed by atoms with Gasteiger partial charge in [0.25, 0.3) is 0 Å². The SMILES string of the molecule is CC(=O)Nc1ccn([C@H]2CS[C@@H](COC(=O)P(=O)(O)O)O2)c(=O)n1. The van der Waals surface area contributed by atoms with Crippen molar-refractivity contribution in [2.24, 2.45) is 0 Å². The van der Waals surface area contributed by atoms with Crippen molar-refractivity contribution in [3.8, 4) is 0 Å². The Morgan fingerprint density at radius 1 is 1.58 bits per heavy atom. The number of carbonyl (C=O) groups is 2. The Kier molecular flexibility index (Phi) is 5.78. The van der Waals surface area contributed by atoms with Gasteiger partial charge in [0.05, 0.1) is 0 Å². The zero-order valence-electron chi connectivity index (χ0n) is 12.3. The number of carbonyl (C=O) groups excluding carboxylic acids is 2. The molecule has 1 fully saturated rings. The van der Waals surface area contributed by atoms with E-state index in [2.05, 4.69) is 15.0 Å². The highest BCUT2D eigenvalue weighted by Gasteiger charge is 2.32. The van der Waals surface area contributed by atoms with Gasteiger partial charge in [-0.1, -0.05) is 0 Å². The summed E-state index contributed by atoms with van der Waals surface area (Å²) in [5, 5.41) is 2.38. The minimum absolute atomic E-state index is 0.113. The Balaban J connectivity index is 1.96. The molecule has 2 heterocycles. The van der Waals surface area contributed by atoms with E-state index in [-0.39, 0.29) is 18.3 Å². The molecule has 0 aromatic carbocycles. The monoisotopic (exact) mass is 379 g/mol. The topological polar surface area (TPSA) is 157 Å². The molecule has 1 aliphatic rings. The van der Waals surface area contributed by atoms with Crippen LogP contribution in [0.1, 0.15) is 13.2 Å². The van der Waals surface area contributed by atoms with Crippen molar-refractivity contribution < 1.29 is 33.4 Å². The van der Waals surface area contributed by atoms with Crippen LogP contribution in [0.15, 0.2) is 17.1 Å². The molecule has 1 aromatic heterocycles. The van der Waals surface area contributed by atoms with Crippen LogP contribution in [0.5, 0.6) is 0 Å². The zero-order valence-corrected chi connectivity index (χ0v) is 14.0. The maximum atomic E-state index is 11.9. The van der Waals surface area contributed by atoms with Gasteiger partial charge in [0, 0.05) is 18.9 Å². The lowest BCUT2D eigenvalue weighted by atomic mass is 10.5. The van der Waals surface area contributed by atoms with Crippen molar-refractivity contribution in [2.75, 3.05) is 17.7 Å². The molecule has 2 atom stereocenters. The molecule has 24 heavy (non-hydrogen) atoms. The first kappa shape index (κ1) is 18.6. The number of anilines is 1. The van der Waals surface area contributed by atoms with E-state index >= 15 is 0 Å². The van der Waals surface area contributed by atoms with Crippen LogP contribution in [0.3, 0.4) is 0 Å². The molecular formula is C11H14N3O8PS. The van der Waals surface area contributed by atoms with E-state index in [9.17, 15) is 18.9 Å². The summed E-state index contributed by atoms with van der Waals surface area (Å²) in [5.41, 5.74) is -2.94. The molecule has 132 valence electrons. The number of thioether (sulfide) groups is 1. The summed E-state index contributed by atoms with van der Waals surface area (Å²) >= 11 is 1.21. The van der Waals surface area contributed by atoms with Gasteiger partial charge in [-0.25, -0.2) is 14.2 Å². The fourth-order valence-electron chi connectivity index (χ4n) is 1.78. The average Bonchev–Trinajstić information content (AvgIpc) is 2.91. The minimum atomic E-state index is -4.94. The molecular weight excluding hydrogens is 365 g/mol. The average molecular weight is 379 g/mol. The molecule has 0 saturated carbocycles. The lowest BCUT2D eigenvalue weighted by Crippen LogP contribution is -2.29. The van der Waals surface area contributed by atoms with E-state index in [0.717, 1.165) is 0 Å². The van der Waals surface area contributed by atoms with Crippen LogP contribution >= 0.6 is 19.4 Å². The van der Waals surface area contributed by atoms with Gasteiger partial charge in [-0.3, -0.25) is 9.36 Å². The minimum Gasteiger partial charge on any atom is -0.453 e. The highest BCUT2D eigenvalue weighted by atomic mass is 32.2. The van der Waals surface area contributed by atoms with Crippen LogP contribution in [-0.2, 0) is 18.8 Å². The van der Waals surface area contributed by atoms with E-state index < -0.39 is 30.7 Å². The Hall–Kier alpha value is -1.72. The third-order valence-corrected chi connectivity index (χ3v) is 4.46. The number of amides is 1. The fraction of sp³-hybridized carbons (Fsp3) is 0.455. The molecule has 0 bridgehead atoms.